The Labute approximate surface area is 132 Å². The Balaban J connectivity index is 2.09. The number of carbonyl (C=O) groups is 1. The topological polar surface area (TPSA) is 32.3 Å². The van der Waals surface area contributed by atoms with Crippen LogP contribution in [0.4, 0.5) is 0 Å². The Morgan fingerprint density at radius 2 is 2.14 bits per heavy atom. The highest BCUT2D eigenvalue weighted by Gasteiger charge is 2.39. The molecule has 1 fully saturated rings. The summed E-state index contributed by atoms with van der Waals surface area (Å²) in [6, 6.07) is 4.31. The van der Waals surface area contributed by atoms with Crippen LogP contribution < -0.4 is 5.32 Å². The standard InChI is InChI=1S/C17H28N2OS/c1-5-7-14-17(20)19(11-6-8-12(2)3)16(18-14)15-10-9-13(4)21-15/h9-10,12,14,16,18H,5-8,11H2,1-4H3. The molecule has 4 heteroatoms. The van der Waals surface area contributed by atoms with Crippen molar-refractivity contribution in [3.8, 4) is 0 Å². The molecule has 2 rings (SSSR count). The molecule has 0 aromatic carbocycles. The van der Waals surface area contributed by atoms with Gasteiger partial charge in [-0.3, -0.25) is 10.1 Å². The predicted molar refractivity (Wildman–Crippen MR) is 89.4 cm³/mol. The first-order valence-electron chi connectivity index (χ1n) is 8.15. The van der Waals surface area contributed by atoms with Crippen LogP contribution in [-0.4, -0.2) is 23.4 Å². The molecule has 0 spiro atoms. The first kappa shape index (κ1) is 16.5. The van der Waals surface area contributed by atoms with E-state index in [-0.39, 0.29) is 18.1 Å². The molecule has 1 aromatic heterocycles. The van der Waals surface area contributed by atoms with Gasteiger partial charge in [0.15, 0.2) is 0 Å². The van der Waals surface area contributed by atoms with Crippen LogP contribution in [0, 0.1) is 12.8 Å². The van der Waals surface area contributed by atoms with Crippen molar-refractivity contribution < 1.29 is 4.79 Å². The summed E-state index contributed by atoms with van der Waals surface area (Å²) in [4.78, 5) is 17.3. The highest BCUT2D eigenvalue weighted by Crippen LogP contribution is 2.31. The molecule has 118 valence electrons. The van der Waals surface area contributed by atoms with E-state index in [9.17, 15) is 4.79 Å². The molecular formula is C17H28N2OS. The van der Waals surface area contributed by atoms with E-state index < -0.39 is 0 Å². The van der Waals surface area contributed by atoms with Crippen LogP contribution in [0.1, 0.15) is 62.4 Å². The van der Waals surface area contributed by atoms with E-state index in [4.69, 9.17) is 0 Å². The van der Waals surface area contributed by atoms with Gasteiger partial charge in [0, 0.05) is 16.3 Å². The van der Waals surface area contributed by atoms with Crippen LogP contribution in [0.2, 0.25) is 0 Å². The highest BCUT2D eigenvalue weighted by molar-refractivity contribution is 7.12. The normalized spacial score (nSPS) is 22.5. The summed E-state index contributed by atoms with van der Waals surface area (Å²) in [6.45, 7) is 9.61. The second kappa shape index (κ2) is 7.41. The van der Waals surface area contributed by atoms with Crippen LogP contribution >= 0.6 is 11.3 Å². The summed E-state index contributed by atoms with van der Waals surface area (Å²) in [6.07, 6.45) is 4.32. The lowest BCUT2D eigenvalue weighted by Gasteiger charge is -2.23. The van der Waals surface area contributed by atoms with Crippen molar-refractivity contribution in [1.29, 1.82) is 0 Å². The fourth-order valence-corrected chi connectivity index (χ4v) is 3.87. The molecule has 1 aromatic rings. The summed E-state index contributed by atoms with van der Waals surface area (Å²) in [5.74, 6) is 0.987. The van der Waals surface area contributed by atoms with Crippen LogP contribution in [0.15, 0.2) is 12.1 Å². The zero-order valence-electron chi connectivity index (χ0n) is 13.7. The van der Waals surface area contributed by atoms with Crippen molar-refractivity contribution in [2.24, 2.45) is 5.92 Å². The lowest BCUT2D eigenvalue weighted by Crippen LogP contribution is -2.32. The monoisotopic (exact) mass is 308 g/mol. The van der Waals surface area contributed by atoms with Gasteiger partial charge in [-0.15, -0.1) is 11.3 Å². The van der Waals surface area contributed by atoms with Crippen molar-refractivity contribution in [3.05, 3.63) is 21.9 Å². The maximum atomic E-state index is 12.6. The maximum absolute atomic E-state index is 12.6. The third-order valence-corrected chi connectivity index (χ3v) is 5.09. The molecular weight excluding hydrogens is 280 g/mol. The number of amides is 1. The van der Waals surface area contributed by atoms with Gasteiger partial charge in [0.25, 0.3) is 0 Å². The van der Waals surface area contributed by atoms with E-state index in [0.29, 0.717) is 5.92 Å². The number of thiophene rings is 1. The minimum atomic E-state index is 0.00135. The molecule has 0 bridgehead atoms. The van der Waals surface area contributed by atoms with Gasteiger partial charge in [0.2, 0.25) is 5.91 Å². The van der Waals surface area contributed by atoms with Crippen molar-refractivity contribution in [2.45, 2.75) is 65.6 Å². The van der Waals surface area contributed by atoms with Crippen molar-refractivity contribution in [3.63, 3.8) is 0 Å². The quantitative estimate of drug-likeness (QED) is 0.823. The minimum absolute atomic E-state index is 0.00135. The first-order valence-corrected chi connectivity index (χ1v) is 8.97. The van der Waals surface area contributed by atoms with Gasteiger partial charge >= 0.3 is 0 Å². The Bertz CT molecular complexity index is 469. The molecule has 3 nitrogen and oxygen atoms in total. The third kappa shape index (κ3) is 4.07. The van der Waals surface area contributed by atoms with Gasteiger partial charge in [0.1, 0.15) is 6.17 Å². The predicted octanol–water partition coefficient (Wildman–Crippen LogP) is 4.09. The Morgan fingerprint density at radius 1 is 1.38 bits per heavy atom. The van der Waals surface area contributed by atoms with Crippen molar-refractivity contribution in [1.82, 2.24) is 10.2 Å². The lowest BCUT2D eigenvalue weighted by molar-refractivity contribution is -0.130. The number of rotatable bonds is 7. The highest BCUT2D eigenvalue weighted by atomic mass is 32.1. The van der Waals surface area contributed by atoms with E-state index in [2.05, 4.69) is 50.0 Å². The van der Waals surface area contributed by atoms with Gasteiger partial charge in [-0.2, -0.15) is 0 Å². The Kier molecular flexibility index (Phi) is 5.82. The largest absolute Gasteiger partial charge is 0.321 e. The molecule has 2 heterocycles. The molecule has 0 saturated carbocycles. The molecule has 1 aliphatic heterocycles. The number of carbonyl (C=O) groups excluding carboxylic acids is 1. The van der Waals surface area contributed by atoms with Crippen LogP contribution in [0.5, 0.6) is 0 Å². The summed E-state index contributed by atoms with van der Waals surface area (Å²) in [5, 5.41) is 3.55. The number of nitrogens with one attached hydrogen (secondary N) is 1. The van der Waals surface area contributed by atoms with Gasteiger partial charge in [-0.25, -0.2) is 0 Å². The molecule has 2 unspecified atom stereocenters. The summed E-state index contributed by atoms with van der Waals surface area (Å²) in [5.41, 5.74) is 0. The van der Waals surface area contributed by atoms with Crippen LogP contribution in [-0.2, 0) is 4.79 Å². The Morgan fingerprint density at radius 3 is 2.71 bits per heavy atom. The smallest absolute Gasteiger partial charge is 0.241 e. The van der Waals surface area contributed by atoms with Crippen LogP contribution in [0.3, 0.4) is 0 Å². The van der Waals surface area contributed by atoms with E-state index in [1.165, 1.54) is 16.2 Å². The lowest BCUT2D eigenvalue weighted by atomic mass is 10.1. The number of nitrogens with zero attached hydrogens (tertiary/aromatic N) is 1. The minimum Gasteiger partial charge on any atom is -0.321 e. The molecule has 1 N–H and O–H groups in total. The molecule has 1 saturated heterocycles. The number of hydrogen-bond acceptors (Lipinski definition) is 3. The second-order valence-electron chi connectivity index (χ2n) is 6.43. The summed E-state index contributed by atoms with van der Waals surface area (Å²) < 4.78 is 0. The average Bonchev–Trinajstić information content (AvgIpc) is 2.97. The van der Waals surface area contributed by atoms with E-state index >= 15 is 0 Å². The molecule has 1 amide bonds. The van der Waals surface area contributed by atoms with Gasteiger partial charge in [-0.05, 0) is 44.2 Å². The maximum Gasteiger partial charge on any atom is 0.241 e. The SMILES string of the molecule is CCCC1NC(c2ccc(C)s2)N(CCCC(C)C)C1=O. The number of hydrogen-bond donors (Lipinski definition) is 1. The van der Waals surface area contributed by atoms with E-state index in [1.807, 2.05) is 0 Å². The van der Waals surface area contributed by atoms with Gasteiger partial charge < -0.3 is 4.90 Å². The molecule has 2 atom stereocenters. The molecule has 0 aliphatic carbocycles. The molecule has 1 aliphatic rings. The van der Waals surface area contributed by atoms with E-state index in [0.717, 1.165) is 25.8 Å². The third-order valence-electron chi connectivity index (χ3n) is 4.04. The molecule has 21 heavy (non-hydrogen) atoms. The zero-order chi connectivity index (χ0) is 15.4. The van der Waals surface area contributed by atoms with Crippen molar-refractivity contribution >= 4 is 17.2 Å². The average molecular weight is 308 g/mol. The summed E-state index contributed by atoms with van der Waals surface area (Å²) in [7, 11) is 0. The summed E-state index contributed by atoms with van der Waals surface area (Å²) >= 11 is 1.79. The van der Waals surface area contributed by atoms with Crippen LogP contribution in [0.25, 0.3) is 0 Å². The zero-order valence-corrected chi connectivity index (χ0v) is 14.5. The first-order chi connectivity index (χ1) is 10.0. The van der Waals surface area contributed by atoms with Crippen molar-refractivity contribution in [2.75, 3.05) is 6.54 Å². The Hall–Kier alpha value is -0.870. The fraction of sp³-hybridized carbons (Fsp3) is 0.706. The number of aryl methyl sites for hydroxylation is 1. The van der Waals surface area contributed by atoms with Gasteiger partial charge in [0.05, 0.1) is 6.04 Å². The van der Waals surface area contributed by atoms with E-state index in [1.54, 1.807) is 11.3 Å². The molecule has 0 radical (unpaired) electrons. The second-order valence-corrected chi connectivity index (χ2v) is 7.75. The van der Waals surface area contributed by atoms with Gasteiger partial charge in [-0.1, -0.05) is 27.2 Å². The fourth-order valence-electron chi connectivity index (χ4n) is 2.92.